The second kappa shape index (κ2) is 11.5. The number of anilines is 2. The lowest BCUT2D eigenvalue weighted by Crippen LogP contribution is -2.39. The van der Waals surface area contributed by atoms with E-state index < -0.39 is 29.9 Å². The van der Waals surface area contributed by atoms with Crippen molar-refractivity contribution < 1.29 is 28.7 Å². The molecule has 1 saturated heterocycles. The quantitative estimate of drug-likeness (QED) is 0.405. The Labute approximate surface area is 205 Å². The average Bonchev–Trinajstić information content (AvgIpc) is 3.06. The van der Waals surface area contributed by atoms with Crippen LogP contribution in [-0.2, 0) is 14.3 Å². The topological polar surface area (TPSA) is 105 Å². The molecule has 0 saturated carbocycles. The number of urea groups is 1. The van der Waals surface area contributed by atoms with Crippen molar-refractivity contribution in [1.82, 2.24) is 4.90 Å². The van der Waals surface area contributed by atoms with Crippen molar-refractivity contribution in [3.8, 4) is 5.75 Å². The smallest absolute Gasteiger partial charge is 0.338 e. The number of amides is 4. The normalized spacial score (nSPS) is 15.5. The molecule has 186 valence electrons. The summed E-state index contributed by atoms with van der Waals surface area (Å²) in [6, 6.07) is 11.6. The first-order valence-corrected chi connectivity index (χ1v) is 11.6. The van der Waals surface area contributed by atoms with E-state index in [1.54, 1.807) is 55.5 Å². The van der Waals surface area contributed by atoms with Crippen LogP contribution in [-0.4, -0.2) is 55.0 Å². The molecule has 2 aromatic rings. The number of methoxy groups -OCH3 is 1. The first-order chi connectivity index (χ1) is 16.7. The summed E-state index contributed by atoms with van der Waals surface area (Å²) in [6.07, 6.45) is 0.501. The summed E-state index contributed by atoms with van der Waals surface area (Å²) in [5.74, 6) is -0.485. The molecule has 1 fully saturated rings. The molecule has 1 atom stereocenters. The van der Waals surface area contributed by atoms with Crippen LogP contribution < -0.4 is 15.0 Å². The Morgan fingerprint density at radius 1 is 1.09 bits per heavy atom. The fourth-order valence-corrected chi connectivity index (χ4v) is 3.76. The van der Waals surface area contributed by atoms with Gasteiger partial charge in [-0.2, -0.15) is 0 Å². The fraction of sp³-hybridized carbons (Fsp3) is 0.385. The molecule has 0 unspecified atom stereocenters. The van der Waals surface area contributed by atoms with Crippen molar-refractivity contribution in [1.29, 1.82) is 0 Å². The van der Waals surface area contributed by atoms with Crippen molar-refractivity contribution in [2.45, 2.75) is 39.7 Å². The Balaban J connectivity index is 1.76. The van der Waals surface area contributed by atoms with Gasteiger partial charge < -0.3 is 19.7 Å². The first kappa shape index (κ1) is 25.7. The molecular formula is C26H31N3O6. The van der Waals surface area contributed by atoms with E-state index in [1.807, 2.05) is 13.8 Å². The maximum atomic E-state index is 13.3. The number of benzene rings is 2. The van der Waals surface area contributed by atoms with Crippen LogP contribution in [0.15, 0.2) is 48.5 Å². The number of hydrogen-bond acceptors (Lipinski definition) is 6. The van der Waals surface area contributed by atoms with Gasteiger partial charge in [-0.3, -0.25) is 9.59 Å². The van der Waals surface area contributed by atoms with Gasteiger partial charge in [0.1, 0.15) is 11.8 Å². The number of nitrogens with zero attached hydrogens (tertiary/aromatic N) is 2. The summed E-state index contributed by atoms with van der Waals surface area (Å²) in [5, 5.41) is 2.74. The minimum Gasteiger partial charge on any atom is -0.497 e. The van der Waals surface area contributed by atoms with Crippen LogP contribution in [0.1, 0.15) is 44.0 Å². The molecule has 9 nitrogen and oxygen atoms in total. The van der Waals surface area contributed by atoms with Crippen molar-refractivity contribution in [3.63, 3.8) is 0 Å². The molecule has 0 radical (unpaired) electrons. The van der Waals surface area contributed by atoms with E-state index in [1.165, 1.54) is 12.0 Å². The lowest BCUT2D eigenvalue weighted by molar-refractivity contribution is -0.124. The van der Waals surface area contributed by atoms with Gasteiger partial charge in [0, 0.05) is 18.3 Å². The molecule has 1 N–H and O–H groups in total. The Kier molecular flexibility index (Phi) is 8.46. The highest BCUT2D eigenvalue weighted by molar-refractivity contribution is 6.22. The van der Waals surface area contributed by atoms with Crippen LogP contribution >= 0.6 is 0 Å². The van der Waals surface area contributed by atoms with Gasteiger partial charge in [-0.1, -0.05) is 19.9 Å². The van der Waals surface area contributed by atoms with Crippen molar-refractivity contribution in [2.24, 2.45) is 5.92 Å². The second-order valence-electron chi connectivity index (χ2n) is 8.60. The average molecular weight is 482 g/mol. The van der Waals surface area contributed by atoms with E-state index in [-0.39, 0.29) is 13.0 Å². The SMILES string of the molecule is CCOC(=O)c1ccc(NC(=O)C[C@H]2C(=O)N(c3cccc(OC)c3)C(=O)N2CCC(C)C)cc1. The number of carbonyl (C=O) groups excluding carboxylic acids is 4. The molecule has 35 heavy (non-hydrogen) atoms. The van der Waals surface area contributed by atoms with E-state index >= 15 is 0 Å². The van der Waals surface area contributed by atoms with E-state index in [9.17, 15) is 19.2 Å². The van der Waals surface area contributed by atoms with Gasteiger partial charge in [0.2, 0.25) is 5.91 Å². The number of esters is 1. The van der Waals surface area contributed by atoms with E-state index in [0.717, 1.165) is 4.90 Å². The maximum Gasteiger partial charge on any atom is 0.338 e. The molecule has 1 heterocycles. The van der Waals surface area contributed by atoms with E-state index in [0.29, 0.717) is 41.6 Å². The molecule has 0 spiro atoms. The molecule has 0 aliphatic carbocycles. The number of hydrogen-bond donors (Lipinski definition) is 1. The Morgan fingerprint density at radius 2 is 1.80 bits per heavy atom. The molecule has 2 aromatic carbocycles. The van der Waals surface area contributed by atoms with Crippen LogP contribution in [0, 0.1) is 5.92 Å². The number of rotatable bonds is 10. The number of carbonyl (C=O) groups is 4. The largest absolute Gasteiger partial charge is 0.497 e. The van der Waals surface area contributed by atoms with Gasteiger partial charge in [-0.15, -0.1) is 0 Å². The van der Waals surface area contributed by atoms with Crippen LogP contribution in [0.25, 0.3) is 0 Å². The lowest BCUT2D eigenvalue weighted by atomic mass is 10.1. The highest BCUT2D eigenvalue weighted by atomic mass is 16.5. The van der Waals surface area contributed by atoms with Crippen molar-refractivity contribution >= 4 is 35.2 Å². The minimum atomic E-state index is -0.925. The fourth-order valence-electron chi connectivity index (χ4n) is 3.76. The second-order valence-corrected chi connectivity index (χ2v) is 8.60. The lowest BCUT2D eigenvalue weighted by Gasteiger charge is -2.22. The van der Waals surface area contributed by atoms with Gasteiger partial charge >= 0.3 is 12.0 Å². The molecule has 4 amide bonds. The Morgan fingerprint density at radius 3 is 2.43 bits per heavy atom. The van der Waals surface area contributed by atoms with Gasteiger partial charge in [-0.25, -0.2) is 14.5 Å². The van der Waals surface area contributed by atoms with E-state index in [4.69, 9.17) is 9.47 Å². The summed E-state index contributed by atoms with van der Waals surface area (Å²) in [4.78, 5) is 53.8. The molecule has 0 bridgehead atoms. The summed E-state index contributed by atoms with van der Waals surface area (Å²) >= 11 is 0. The number of nitrogens with one attached hydrogen (secondary N) is 1. The summed E-state index contributed by atoms with van der Waals surface area (Å²) in [5.41, 5.74) is 1.24. The molecule has 1 aliphatic heterocycles. The van der Waals surface area contributed by atoms with Crippen LogP contribution in [0.5, 0.6) is 5.75 Å². The highest BCUT2D eigenvalue weighted by Gasteiger charge is 2.46. The molecular weight excluding hydrogens is 450 g/mol. The predicted octanol–water partition coefficient (Wildman–Crippen LogP) is 4.08. The summed E-state index contributed by atoms with van der Waals surface area (Å²) in [6.45, 7) is 6.41. The monoisotopic (exact) mass is 481 g/mol. The zero-order chi connectivity index (χ0) is 25.5. The van der Waals surface area contributed by atoms with Gasteiger partial charge in [0.05, 0.1) is 31.4 Å². The highest BCUT2D eigenvalue weighted by Crippen LogP contribution is 2.30. The van der Waals surface area contributed by atoms with Crippen molar-refractivity contribution in [3.05, 3.63) is 54.1 Å². The summed E-state index contributed by atoms with van der Waals surface area (Å²) < 4.78 is 10.2. The Bertz CT molecular complexity index is 1080. The standard InChI is InChI=1S/C26H31N3O6/c1-5-35-25(32)18-9-11-19(12-10-18)27-23(30)16-22-24(31)29(20-7-6-8-21(15-20)34-4)26(33)28(22)14-13-17(2)3/h6-12,15,17,22H,5,13-14,16H2,1-4H3,(H,27,30)/t22-/m0/s1. The Hall–Kier alpha value is -3.88. The van der Waals surface area contributed by atoms with Gasteiger partial charge in [0.15, 0.2) is 0 Å². The third-order valence-electron chi connectivity index (χ3n) is 5.64. The van der Waals surface area contributed by atoms with Crippen LogP contribution in [0.3, 0.4) is 0 Å². The summed E-state index contributed by atoms with van der Waals surface area (Å²) in [7, 11) is 1.51. The molecule has 9 heteroatoms. The third kappa shape index (κ3) is 6.17. The maximum absolute atomic E-state index is 13.3. The van der Waals surface area contributed by atoms with Gasteiger partial charge in [0.25, 0.3) is 5.91 Å². The molecule has 1 aliphatic rings. The van der Waals surface area contributed by atoms with Crippen molar-refractivity contribution in [2.75, 3.05) is 30.5 Å². The predicted molar refractivity (Wildman–Crippen MR) is 131 cm³/mol. The zero-order valence-corrected chi connectivity index (χ0v) is 20.4. The molecule has 0 aromatic heterocycles. The van der Waals surface area contributed by atoms with Gasteiger partial charge in [-0.05, 0) is 55.7 Å². The third-order valence-corrected chi connectivity index (χ3v) is 5.64. The van der Waals surface area contributed by atoms with Crippen LogP contribution in [0.4, 0.5) is 16.2 Å². The molecule has 3 rings (SSSR count). The zero-order valence-electron chi connectivity index (χ0n) is 20.4. The number of ether oxygens (including phenoxy) is 2. The van der Waals surface area contributed by atoms with E-state index in [2.05, 4.69) is 5.32 Å². The number of imide groups is 1. The van der Waals surface area contributed by atoms with Crippen LogP contribution in [0.2, 0.25) is 0 Å². The minimum absolute atomic E-state index is 0.192. The first-order valence-electron chi connectivity index (χ1n) is 11.6.